The molecule has 1 aliphatic rings. The van der Waals surface area contributed by atoms with Crippen LogP contribution in [0.5, 0.6) is 0 Å². The first-order valence-corrected chi connectivity index (χ1v) is 9.96. The molecule has 0 atom stereocenters. The minimum absolute atomic E-state index is 0.0549. The maximum absolute atomic E-state index is 12.3. The summed E-state index contributed by atoms with van der Waals surface area (Å²) in [6.07, 6.45) is 2.95. The van der Waals surface area contributed by atoms with Crippen LogP contribution < -0.4 is 21.5 Å². The Labute approximate surface area is 182 Å². The topological polar surface area (TPSA) is 146 Å². The van der Waals surface area contributed by atoms with Crippen molar-refractivity contribution in [2.24, 2.45) is 14.1 Å². The average molecular weight is 445 g/mol. The molecule has 2 heterocycles. The van der Waals surface area contributed by atoms with Gasteiger partial charge < -0.3 is 15.0 Å². The van der Waals surface area contributed by atoms with E-state index in [0.29, 0.717) is 18.8 Å². The van der Waals surface area contributed by atoms with Crippen LogP contribution in [0, 0.1) is 10.1 Å². The van der Waals surface area contributed by atoms with Gasteiger partial charge >= 0.3 is 11.7 Å². The minimum atomic E-state index is -0.911. The lowest BCUT2D eigenvalue weighted by atomic mass is 10.1. The summed E-state index contributed by atoms with van der Waals surface area (Å²) in [4.78, 5) is 61.0. The Balaban J connectivity index is 1.69. The number of esters is 1. The Morgan fingerprint density at radius 3 is 2.44 bits per heavy atom. The molecule has 0 aliphatic carbocycles. The zero-order valence-corrected chi connectivity index (χ0v) is 17.7. The Kier molecular flexibility index (Phi) is 6.71. The SMILES string of the molecule is Cn1c(NC(=O)COC(=O)c2ccc(N3CCCCC3)c([N+](=O)[O-])c2)cc(=O)n(C)c1=O. The summed E-state index contributed by atoms with van der Waals surface area (Å²) < 4.78 is 6.88. The van der Waals surface area contributed by atoms with Gasteiger partial charge in [0, 0.05) is 39.3 Å². The first-order valence-electron chi connectivity index (χ1n) is 9.96. The smallest absolute Gasteiger partial charge is 0.338 e. The van der Waals surface area contributed by atoms with Crippen molar-refractivity contribution in [3.63, 3.8) is 0 Å². The van der Waals surface area contributed by atoms with Gasteiger partial charge in [0.1, 0.15) is 11.5 Å². The van der Waals surface area contributed by atoms with Crippen molar-refractivity contribution in [2.75, 3.05) is 29.9 Å². The van der Waals surface area contributed by atoms with E-state index in [1.807, 2.05) is 4.90 Å². The molecule has 1 aromatic heterocycles. The summed E-state index contributed by atoms with van der Waals surface area (Å²) in [7, 11) is 2.67. The van der Waals surface area contributed by atoms with Gasteiger partial charge in [-0.3, -0.25) is 28.8 Å². The lowest BCUT2D eigenvalue weighted by molar-refractivity contribution is -0.384. The number of benzene rings is 1. The van der Waals surface area contributed by atoms with Gasteiger partial charge in [-0.1, -0.05) is 0 Å². The van der Waals surface area contributed by atoms with Crippen molar-refractivity contribution in [1.82, 2.24) is 9.13 Å². The van der Waals surface area contributed by atoms with Crippen LogP contribution in [0.25, 0.3) is 0 Å². The molecule has 3 rings (SSSR count). The van der Waals surface area contributed by atoms with E-state index in [1.54, 1.807) is 0 Å². The molecule has 1 aliphatic heterocycles. The van der Waals surface area contributed by atoms with Crippen LogP contribution in [-0.2, 0) is 23.6 Å². The van der Waals surface area contributed by atoms with Crippen molar-refractivity contribution in [2.45, 2.75) is 19.3 Å². The number of rotatable bonds is 6. The van der Waals surface area contributed by atoms with Crippen molar-refractivity contribution >= 4 is 29.1 Å². The van der Waals surface area contributed by atoms with Gasteiger partial charge in [-0.25, -0.2) is 9.59 Å². The van der Waals surface area contributed by atoms with Gasteiger partial charge in [0.25, 0.3) is 17.2 Å². The van der Waals surface area contributed by atoms with Crippen LogP contribution in [0.15, 0.2) is 33.9 Å². The summed E-state index contributed by atoms with van der Waals surface area (Å²) in [5.41, 5.74) is -1.07. The van der Waals surface area contributed by atoms with Crippen molar-refractivity contribution in [3.8, 4) is 0 Å². The zero-order chi connectivity index (χ0) is 23.4. The molecule has 0 radical (unpaired) electrons. The van der Waals surface area contributed by atoms with Gasteiger partial charge in [0.2, 0.25) is 0 Å². The minimum Gasteiger partial charge on any atom is -0.452 e. The normalized spacial score (nSPS) is 13.5. The molecule has 32 heavy (non-hydrogen) atoms. The van der Waals surface area contributed by atoms with E-state index >= 15 is 0 Å². The molecule has 12 nitrogen and oxygen atoms in total. The fraction of sp³-hybridized carbons (Fsp3) is 0.400. The third-order valence-electron chi connectivity index (χ3n) is 5.23. The highest BCUT2D eigenvalue weighted by atomic mass is 16.6. The van der Waals surface area contributed by atoms with Gasteiger partial charge in [0.05, 0.1) is 10.5 Å². The number of hydrogen-bond acceptors (Lipinski definition) is 8. The highest BCUT2D eigenvalue weighted by Gasteiger charge is 2.24. The van der Waals surface area contributed by atoms with E-state index in [-0.39, 0.29) is 17.1 Å². The zero-order valence-electron chi connectivity index (χ0n) is 17.7. The predicted molar refractivity (Wildman–Crippen MR) is 115 cm³/mol. The summed E-state index contributed by atoms with van der Waals surface area (Å²) in [6, 6.07) is 5.12. The first kappa shape index (κ1) is 22.7. The second kappa shape index (κ2) is 9.45. The quantitative estimate of drug-likeness (QED) is 0.390. The van der Waals surface area contributed by atoms with E-state index in [0.717, 1.165) is 40.5 Å². The molecule has 1 N–H and O–H groups in total. The largest absolute Gasteiger partial charge is 0.452 e. The molecule has 1 aromatic carbocycles. The maximum Gasteiger partial charge on any atom is 0.338 e. The van der Waals surface area contributed by atoms with Crippen molar-refractivity contribution in [1.29, 1.82) is 0 Å². The number of nitro benzene ring substituents is 1. The molecule has 170 valence electrons. The Hall–Kier alpha value is -3.96. The van der Waals surface area contributed by atoms with Gasteiger partial charge in [-0.15, -0.1) is 0 Å². The number of hydrogen-bond donors (Lipinski definition) is 1. The number of nitro groups is 1. The lowest BCUT2D eigenvalue weighted by Crippen LogP contribution is -2.38. The monoisotopic (exact) mass is 445 g/mol. The number of carbonyl (C=O) groups is 2. The predicted octanol–water partition coefficient (Wildman–Crippen LogP) is 0.778. The third-order valence-corrected chi connectivity index (χ3v) is 5.23. The molecular weight excluding hydrogens is 422 g/mol. The Morgan fingerprint density at radius 2 is 1.78 bits per heavy atom. The fourth-order valence-electron chi connectivity index (χ4n) is 3.45. The molecule has 0 unspecified atom stereocenters. The van der Waals surface area contributed by atoms with E-state index in [2.05, 4.69) is 5.32 Å². The molecule has 1 amide bonds. The third kappa shape index (κ3) is 4.85. The second-order valence-electron chi connectivity index (χ2n) is 7.40. The Morgan fingerprint density at radius 1 is 1.09 bits per heavy atom. The van der Waals surface area contributed by atoms with Gasteiger partial charge in [-0.2, -0.15) is 0 Å². The summed E-state index contributed by atoms with van der Waals surface area (Å²) in [5, 5.41) is 13.9. The Bertz CT molecular complexity index is 1180. The first-order chi connectivity index (χ1) is 15.2. The average Bonchev–Trinajstić information content (AvgIpc) is 2.79. The molecule has 0 saturated carbocycles. The highest BCUT2D eigenvalue weighted by molar-refractivity contribution is 5.95. The molecule has 1 saturated heterocycles. The van der Waals surface area contributed by atoms with E-state index < -0.39 is 34.7 Å². The maximum atomic E-state index is 12.3. The summed E-state index contributed by atoms with van der Waals surface area (Å²) in [5.74, 6) is -1.74. The van der Waals surface area contributed by atoms with E-state index in [4.69, 9.17) is 4.74 Å². The van der Waals surface area contributed by atoms with Crippen molar-refractivity contribution in [3.05, 3.63) is 60.8 Å². The number of nitrogens with one attached hydrogen (secondary N) is 1. The van der Waals surface area contributed by atoms with Crippen molar-refractivity contribution < 1.29 is 19.2 Å². The lowest BCUT2D eigenvalue weighted by Gasteiger charge is -2.28. The number of piperidine rings is 1. The fourth-order valence-corrected chi connectivity index (χ4v) is 3.45. The van der Waals surface area contributed by atoms with E-state index in [1.165, 1.54) is 26.2 Å². The molecule has 1 fully saturated rings. The number of amides is 1. The number of ether oxygens (including phenoxy) is 1. The van der Waals surface area contributed by atoms with Crippen LogP contribution >= 0.6 is 0 Å². The summed E-state index contributed by atoms with van der Waals surface area (Å²) in [6.45, 7) is 0.704. The van der Waals surface area contributed by atoms with Gasteiger partial charge in [-0.05, 0) is 31.4 Å². The molecule has 0 spiro atoms. The molecule has 12 heteroatoms. The standard InChI is InChI=1S/C20H23N5O7/c1-22-16(11-18(27)23(2)20(22)29)21-17(26)12-32-19(28)13-6-7-14(15(10-13)25(30)31)24-8-4-3-5-9-24/h6-7,10-11H,3-5,8-9,12H2,1-2H3,(H,21,26). The number of nitrogens with zero attached hydrogens (tertiary/aromatic N) is 4. The second-order valence-corrected chi connectivity index (χ2v) is 7.40. The number of carbonyl (C=O) groups excluding carboxylic acids is 2. The number of anilines is 2. The van der Waals surface area contributed by atoms with Gasteiger partial charge in [0.15, 0.2) is 6.61 Å². The van der Waals surface area contributed by atoms with E-state index in [9.17, 15) is 29.3 Å². The van der Waals surface area contributed by atoms with Crippen LogP contribution in [0.2, 0.25) is 0 Å². The van der Waals surface area contributed by atoms with Crippen LogP contribution in [0.3, 0.4) is 0 Å². The van der Waals surface area contributed by atoms with Crippen LogP contribution in [0.1, 0.15) is 29.6 Å². The summed E-state index contributed by atoms with van der Waals surface area (Å²) >= 11 is 0. The highest BCUT2D eigenvalue weighted by Crippen LogP contribution is 2.31. The van der Waals surface area contributed by atoms with Crippen LogP contribution in [-0.4, -0.2) is 45.6 Å². The molecule has 0 bridgehead atoms. The number of aromatic nitrogens is 2. The van der Waals surface area contributed by atoms with Crippen LogP contribution in [0.4, 0.5) is 17.2 Å². The molecular formula is C20H23N5O7. The molecule has 2 aromatic rings.